The van der Waals surface area contributed by atoms with Crippen LogP contribution >= 0.6 is 0 Å². The number of piperidine rings is 2. The predicted octanol–water partition coefficient (Wildman–Crippen LogP) is 1.19. The average Bonchev–Trinajstić information content (AvgIpc) is 2.87. The minimum atomic E-state index is 0.432. The molecular formula is C16H29N3O. The van der Waals surface area contributed by atoms with E-state index >= 15 is 0 Å². The molecule has 4 unspecified atom stereocenters. The number of hydrogen-bond acceptors (Lipinski definition) is 4. The maximum Gasteiger partial charge on any atom is 0.0829 e. The summed E-state index contributed by atoms with van der Waals surface area (Å²) < 4.78 is 6.17. The Morgan fingerprint density at radius 3 is 2.55 bits per heavy atom. The molecule has 114 valence electrons. The van der Waals surface area contributed by atoms with Crippen LogP contribution in [0.15, 0.2) is 0 Å². The zero-order chi connectivity index (χ0) is 13.5. The molecule has 0 aliphatic carbocycles. The molecule has 0 saturated carbocycles. The summed E-state index contributed by atoms with van der Waals surface area (Å²) in [6, 6.07) is 2.63. The minimum Gasteiger partial charge on any atom is -0.374 e. The summed E-state index contributed by atoms with van der Waals surface area (Å²) in [5.41, 5.74) is 6.22. The first-order valence-corrected chi connectivity index (χ1v) is 8.66. The summed E-state index contributed by atoms with van der Waals surface area (Å²) in [7, 11) is 0. The summed E-state index contributed by atoms with van der Waals surface area (Å²) in [5, 5.41) is 0. The number of nitrogens with zero attached hydrogens (tertiary/aromatic N) is 2. The van der Waals surface area contributed by atoms with Crippen molar-refractivity contribution < 1.29 is 4.74 Å². The molecule has 4 aliphatic heterocycles. The monoisotopic (exact) mass is 279 g/mol. The van der Waals surface area contributed by atoms with Crippen molar-refractivity contribution in [2.24, 2.45) is 5.73 Å². The normalized spacial score (nSPS) is 46.4. The Kier molecular flexibility index (Phi) is 3.75. The molecule has 0 aromatic carbocycles. The fourth-order valence-electron chi connectivity index (χ4n) is 5.05. The van der Waals surface area contributed by atoms with E-state index in [1.165, 1.54) is 51.5 Å². The van der Waals surface area contributed by atoms with Crippen LogP contribution < -0.4 is 5.73 Å². The number of ether oxygens (including phenoxy) is 1. The lowest BCUT2D eigenvalue weighted by Gasteiger charge is -2.50. The molecule has 2 N–H and O–H groups in total. The predicted molar refractivity (Wildman–Crippen MR) is 79.7 cm³/mol. The van der Waals surface area contributed by atoms with Crippen molar-refractivity contribution in [3.05, 3.63) is 0 Å². The highest BCUT2D eigenvalue weighted by Gasteiger charge is 2.40. The van der Waals surface area contributed by atoms with Crippen LogP contribution in [0.4, 0.5) is 0 Å². The highest BCUT2D eigenvalue weighted by Crippen LogP contribution is 2.34. The summed E-state index contributed by atoms with van der Waals surface area (Å²) in [6.45, 7) is 4.56. The van der Waals surface area contributed by atoms with Crippen LogP contribution in [0.2, 0.25) is 0 Å². The van der Waals surface area contributed by atoms with E-state index in [0.29, 0.717) is 12.1 Å². The second-order valence-corrected chi connectivity index (χ2v) is 7.41. The molecule has 4 rings (SSSR count). The first kappa shape index (κ1) is 13.5. The van der Waals surface area contributed by atoms with Crippen molar-refractivity contribution in [1.82, 2.24) is 9.80 Å². The van der Waals surface area contributed by atoms with Gasteiger partial charge in [-0.2, -0.15) is 0 Å². The molecule has 0 spiro atoms. The van der Waals surface area contributed by atoms with Gasteiger partial charge in [0, 0.05) is 37.3 Å². The first-order chi connectivity index (χ1) is 9.79. The third-order valence-electron chi connectivity index (χ3n) is 6.04. The van der Waals surface area contributed by atoms with Gasteiger partial charge < -0.3 is 10.5 Å². The molecule has 20 heavy (non-hydrogen) atoms. The van der Waals surface area contributed by atoms with E-state index in [2.05, 4.69) is 9.80 Å². The molecule has 0 radical (unpaired) electrons. The standard InChI is InChI=1S/C16H29N3O/c17-12-7-13-3-1-4-14(8-12)19(13)10-16-9-18-6-2-5-15(18)11-20-16/h12-16H,1-11,17H2. The summed E-state index contributed by atoms with van der Waals surface area (Å²) in [4.78, 5) is 5.42. The van der Waals surface area contributed by atoms with Crippen molar-refractivity contribution in [2.45, 2.75) is 75.2 Å². The van der Waals surface area contributed by atoms with Gasteiger partial charge in [0.1, 0.15) is 0 Å². The van der Waals surface area contributed by atoms with E-state index in [1.807, 2.05) is 0 Å². The van der Waals surface area contributed by atoms with E-state index in [0.717, 1.165) is 37.8 Å². The molecule has 4 nitrogen and oxygen atoms in total. The third-order valence-corrected chi connectivity index (χ3v) is 6.04. The fourth-order valence-corrected chi connectivity index (χ4v) is 5.05. The summed E-state index contributed by atoms with van der Waals surface area (Å²) in [5.74, 6) is 0. The highest BCUT2D eigenvalue weighted by atomic mass is 16.5. The van der Waals surface area contributed by atoms with Crippen LogP contribution in [0, 0.1) is 0 Å². The smallest absolute Gasteiger partial charge is 0.0829 e. The Labute approximate surface area is 122 Å². The quantitative estimate of drug-likeness (QED) is 0.824. The van der Waals surface area contributed by atoms with Gasteiger partial charge in [0.25, 0.3) is 0 Å². The van der Waals surface area contributed by atoms with E-state index < -0.39 is 0 Å². The van der Waals surface area contributed by atoms with Gasteiger partial charge in [-0.05, 0) is 45.1 Å². The maximum absolute atomic E-state index is 6.22. The van der Waals surface area contributed by atoms with Crippen molar-refractivity contribution in [2.75, 3.05) is 26.2 Å². The Morgan fingerprint density at radius 2 is 1.75 bits per heavy atom. The van der Waals surface area contributed by atoms with Gasteiger partial charge in [-0.15, -0.1) is 0 Å². The largest absolute Gasteiger partial charge is 0.374 e. The third kappa shape index (κ3) is 2.52. The van der Waals surface area contributed by atoms with Gasteiger partial charge >= 0.3 is 0 Å². The van der Waals surface area contributed by atoms with Gasteiger partial charge in [0.15, 0.2) is 0 Å². The number of fused-ring (bicyclic) bond motifs is 3. The van der Waals surface area contributed by atoms with Crippen LogP contribution in [0.3, 0.4) is 0 Å². The molecule has 4 heteroatoms. The van der Waals surface area contributed by atoms with Gasteiger partial charge in [0.2, 0.25) is 0 Å². The molecule has 2 bridgehead atoms. The van der Waals surface area contributed by atoms with Crippen LogP contribution in [0.25, 0.3) is 0 Å². The van der Waals surface area contributed by atoms with Crippen molar-refractivity contribution >= 4 is 0 Å². The SMILES string of the molecule is NC1CC2CCCC(C1)N2CC1CN2CCCC2CO1. The lowest BCUT2D eigenvalue weighted by molar-refractivity contribution is -0.0839. The van der Waals surface area contributed by atoms with Crippen LogP contribution in [-0.4, -0.2) is 66.3 Å². The van der Waals surface area contributed by atoms with Gasteiger partial charge in [-0.25, -0.2) is 0 Å². The van der Waals surface area contributed by atoms with E-state index in [-0.39, 0.29) is 0 Å². The molecular weight excluding hydrogens is 250 g/mol. The topological polar surface area (TPSA) is 41.7 Å². The van der Waals surface area contributed by atoms with Crippen molar-refractivity contribution in [3.63, 3.8) is 0 Å². The molecule has 4 saturated heterocycles. The van der Waals surface area contributed by atoms with Crippen molar-refractivity contribution in [1.29, 1.82) is 0 Å². The molecule has 0 aromatic rings. The van der Waals surface area contributed by atoms with Gasteiger partial charge in [-0.3, -0.25) is 9.80 Å². The van der Waals surface area contributed by atoms with E-state index in [4.69, 9.17) is 10.5 Å². The number of hydrogen-bond donors (Lipinski definition) is 1. The Hall–Kier alpha value is -0.160. The van der Waals surface area contributed by atoms with E-state index in [1.54, 1.807) is 0 Å². The molecule has 0 amide bonds. The number of rotatable bonds is 2. The Bertz CT molecular complexity index is 337. The zero-order valence-electron chi connectivity index (χ0n) is 12.5. The Balaban J connectivity index is 1.38. The lowest BCUT2D eigenvalue weighted by Crippen LogP contribution is -2.59. The average molecular weight is 279 g/mol. The van der Waals surface area contributed by atoms with Gasteiger partial charge in [0.05, 0.1) is 12.7 Å². The first-order valence-electron chi connectivity index (χ1n) is 8.66. The van der Waals surface area contributed by atoms with E-state index in [9.17, 15) is 0 Å². The fraction of sp³-hybridized carbons (Fsp3) is 1.00. The molecule has 0 aromatic heterocycles. The number of morpholine rings is 1. The van der Waals surface area contributed by atoms with Crippen LogP contribution in [0.1, 0.15) is 44.9 Å². The second-order valence-electron chi connectivity index (χ2n) is 7.41. The number of nitrogens with two attached hydrogens (primary N) is 1. The molecule has 4 heterocycles. The summed E-state index contributed by atoms with van der Waals surface area (Å²) in [6.07, 6.45) is 9.65. The lowest BCUT2D eigenvalue weighted by atomic mass is 9.82. The molecule has 4 fully saturated rings. The Morgan fingerprint density at radius 1 is 1.00 bits per heavy atom. The van der Waals surface area contributed by atoms with Crippen molar-refractivity contribution in [3.8, 4) is 0 Å². The zero-order valence-corrected chi connectivity index (χ0v) is 12.5. The van der Waals surface area contributed by atoms with Crippen LogP contribution in [-0.2, 0) is 4.74 Å². The summed E-state index contributed by atoms with van der Waals surface area (Å²) >= 11 is 0. The minimum absolute atomic E-state index is 0.432. The second kappa shape index (κ2) is 5.56. The maximum atomic E-state index is 6.22. The molecule has 4 atom stereocenters. The highest BCUT2D eigenvalue weighted by molar-refractivity contribution is 4.96. The van der Waals surface area contributed by atoms with Crippen LogP contribution in [0.5, 0.6) is 0 Å². The molecule has 4 aliphatic rings. The van der Waals surface area contributed by atoms with Gasteiger partial charge in [-0.1, -0.05) is 6.42 Å².